The lowest BCUT2D eigenvalue weighted by molar-refractivity contribution is -0.126. The fraction of sp³-hybridized carbons (Fsp3) is 0.280. The molecule has 1 fully saturated rings. The Balaban J connectivity index is 1.13. The van der Waals surface area contributed by atoms with Gasteiger partial charge in [0.05, 0.1) is 18.8 Å². The highest BCUT2D eigenvalue weighted by Crippen LogP contribution is 2.37. The summed E-state index contributed by atoms with van der Waals surface area (Å²) in [6.07, 6.45) is 1.80. The van der Waals surface area contributed by atoms with Crippen LogP contribution in [0.2, 0.25) is 0 Å². The summed E-state index contributed by atoms with van der Waals surface area (Å²) in [4.78, 5) is 26.9. The smallest absolute Gasteiger partial charge is 0.231 e. The van der Waals surface area contributed by atoms with E-state index in [-0.39, 0.29) is 25.0 Å². The van der Waals surface area contributed by atoms with Gasteiger partial charge in [0.25, 0.3) is 0 Å². The van der Waals surface area contributed by atoms with Crippen molar-refractivity contribution in [1.29, 1.82) is 0 Å². The average Bonchev–Trinajstić information content (AvgIpc) is 3.58. The fourth-order valence-corrected chi connectivity index (χ4v) is 4.01. The van der Waals surface area contributed by atoms with Gasteiger partial charge in [0.2, 0.25) is 18.6 Å². The standard InChI is InChI=1S/C25H24N2O6/c28-24-10-19(13-27(24)20-6-7-22-23(11-20)33-16-32-22)25(29)26-12-17-3-1-4-18(9-17)14-30-15-21-5-2-8-31-21/h1-9,11,19H,10,12-16H2,(H,26,29). The molecule has 2 aliphatic heterocycles. The van der Waals surface area contributed by atoms with E-state index in [1.165, 1.54) is 0 Å². The van der Waals surface area contributed by atoms with Crippen molar-refractivity contribution in [1.82, 2.24) is 5.32 Å². The number of carbonyl (C=O) groups is 2. The molecule has 0 saturated carbocycles. The van der Waals surface area contributed by atoms with Crippen molar-refractivity contribution >= 4 is 17.5 Å². The Morgan fingerprint density at radius 2 is 1.91 bits per heavy atom. The minimum atomic E-state index is -0.400. The maximum absolute atomic E-state index is 12.7. The first-order valence-electron chi connectivity index (χ1n) is 10.8. The number of nitrogens with zero attached hydrogens (tertiary/aromatic N) is 1. The molecule has 1 atom stereocenters. The highest BCUT2D eigenvalue weighted by molar-refractivity contribution is 6.00. The fourth-order valence-electron chi connectivity index (χ4n) is 4.01. The third-order valence-corrected chi connectivity index (χ3v) is 5.71. The van der Waals surface area contributed by atoms with Gasteiger partial charge in [-0.2, -0.15) is 0 Å². The van der Waals surface area contributed by atoms with Crippen molar-refractivity contribution in [2.45, 2.75) is 26.2 Å². The van der Waals surface area contributed by atoms with E-state index in [0.29, 0.717) is 43.5 Å². The van der Waals surface area contributed by atoms with Crippen LogP contribution in [-0.4, -0.2) is 25.2 Å². The van der Waals surface area contributed by atoms with Crippen molar-refractivity contribution in [2.24, 2.45) is 5.92 Å². The van der Waals surface area contributed by atoms with Crippen molar-refractivity contribution < 1.29 is 28.2 Å². The summed E-state index contributed by atoms with van der Waals surface area (Å²) in [5.74, 6) is 1.44. The van der Waals surface area contributed by atoms with Crippen molar-refractivity contribution in [3.63, 3.8) is 0 Å². The number of nitrogens with one attached hydrogen (secondary N) is 1. The molecule has 3 heterocycles. The number of ether oxygens (including phenoxy) is 3. The van der Waals surface area contributed by atoms with Crippen molar-refractivity contribution in [3.05, 3.63) is 77.7 Å². The number of hydrogen-bond donors (Lipinski definition) is 1. The lowest BCUT2D eigenvalue weighted by Gasteiger charge is -2.17. The molecule has 1 N–H and O–H groups in total. The van der Waals surface area contributed by atoms with Gasteiger partial charge < -0.3 is 28.8 Å². The molecule has 8 nitrogen and oxygen atoms in total. The summed E-state index contributed by atoms with van der Waals surface area (Å²) in [6.45, 7) is 1.76. The molecule has 0 radical (unpaired) electrons. The van der Waals surface area contributed by atoms with E-state index in [4.69, 9.17) is 18.6 Å². The summed E-state index contributed by atoms with van der Waals surface area (Å²) >= 11 is 0. The molecule has 0 bridgehead atoms. The summed E-state index contributed by atoms with van der Waals surface area (Å²) in [6, 6.07) is 16.9. The predicted octanol–water partition coefficient (Wildman–Crippen LogP) is 3.39. The Morgan fingerprint density at radius 3 is 2.79 bits per heavy atom. The Kier molecular flexibility index (Phi) is 5.99. The predicted molar refractivity (Wildman–Crippen MR) is 119 cm³/mol. The topological polar surface area (TPSA) is 90.2 Å². The van der Waals surface area contributed by atoms with Crippen LogP contribution in [0.3, 0.4) is 0 Å². The Hall–Kier alpha value is -3.78. The zero-order valence-electron chi connectivity index (χ0n) is 18.0. The zero-order valence-corrected chi connectivity index (χ0v) is 18.0. The van der Waals surface area contributed by atoms with E-state index in [9.17, 15) is 9.59 Å². The minimum absolute atomic E-state index is 0.0790. The highest BCUT2D eigenvalue weighted by atomic mass is 16.7. The van der Waals surface area contributed by atoms with Gasteiger partial charge in [0, 0.05) is 31.3 Å². The summed E-state index contributed by atoms with van der Waals surface area (Å²) in [5, 5.41) is 2.96. The van der Waals surface area contributed by atoms with E-state index in [1.54, 1.807) is 23.3 Å². The van der Waals surface area contributed by atoms with Crippen LogP contribution in [0.1, 0.15) is 23.3 Å². The van der Waals surface area contributed by atoms with E-state index < -0.39 is 5.92 Å². The summed E-state index contributed by atoms with van der Waals surface area (Å²) in [5.41, 5.74) is 2.69. The van der Waals surface area contributed by atoms with E-state index in [1.807, 2.05) is 42.5 Å². The molecular weight excluding hydrogens is 424 g/mol. The molecule has 0 aliphatic carbocycles. The number of hydrogen-bond acceptors (Lipinski definition) is 6. The molecular formula is C25H24N2O6. The van der Waals surface area contributed by atoms with E-state index in [2.05, 4.69) is 5.32 Å². The average molecular weight is 448 g/mol. The lowest BCUT2D eigenvalue weighted by Crippen LogP contribution is -2.32. The monoisotopic (exact) mass is 448 g/mol. The molecule has 1 aromatic heterocycles. The molecule has 3 aromatic rings. The number of rotatable bonds is 8. The Labute approximate surface area is 191 Å². The normalized spacial score (nSPS) is 16.9. The van der Waals surface area contributed by atoms with Crippen LogP contribution >= 0.6 is 0 Å². The largest absolute Gasteiger partial charge is 0.467 e. The van der Waals surface area contributed by atoms with Crippen molar-refractivity contribution in [2.75, 3.05) is 18.2 Å². The molecule has 8 heteroatoms. The number of furan rings is 1. The number of carbonyl (C=O) groups excluding carboxylic acids is 2. The second kappa shape index (κ2) is 9.38. The van der Waals surface area contributed by atoms with Crippen LogP contribution in [0, 0.1) is 5.92 Å². The van der Waals surface area contributed by atoms with Crippen LogP contribution in [-0.2, 0) is 34.1 Å². The van der Waals surface area contributed by atoms with Crippen LogP contribution in [0.4, 0.5) is 5.69 Å². The zero-order chi connectivity index (χ0) is 22.6. The second-order valence-electron chi connectivity index (χ2n) is 8.05. The molecule has 0 spiro atoms. The molecule has 2 aliphatic rings. The first kappa shape index (κ1) is 21.1. The van der Waals surface area contributed by atoms with Gasteiger partial charge in [-0.05, 0) is 35.4 Å². The number of benzene rings is 2. The highest BCUT2D eigenvalue weighted by Gasteiger charge is 2.35. The number of amides is 2. The molecule has 170 valence electrons. The second-order valence-corrected chi connectivity index (χ2v) is 8.05. The first-order valence-corrected chi connectivity index (χ1v) is 10.8. The lowest BCUT2D eigenvalue weighted by atomic mass is 10.1. The van der Waals surface area contributed by atoms with Gasteiger partial charge in [-0.25, -0.2) is 0 Å². The van der Waals surface area contributed by atoms with E-state index in [0.717, 1.165) is 16.9 Å². The van der Waals surface area contributed by atoms with Gasteiger partial charge in [0.15, 0.2) is 11.5 Å². The van der Waals surface area contributed by atoms with Gasteiger partial charge in [-0.3, -0.25) is 9.59 Å². The van der Waals surface area contributed by atoms with Crippen LogP contribution in [0.5, 0.6) is 11.5 Å². The summed E-state index contributed by atoms with van der Waals surface area (Å²) < 4.78 is 21.7. The number of fused-ring (bicyclic) bond motifs is 1. The van der Waals surface area contributed by atoms with Crippen LogP contribution < -0.4 is 19.7 Å². The van der Waals surface area contributed by atoms with Crippen LogP contribution in [0.25, 0.3) is 0 Å². The van der Waals surface area contributed by atoms with Gasteiger partial charge in [0.1, 0.15) is 12.4 Å². The first-order chi connectivity index (χ1) is 16.2. The van der Waals surface area contributed by atoms with E-state index >= 15 is 0 Å². The molecule has 1 unspecified atom stereocenters. The van der Waals surface area contributed by atoms with Crippen LogP contribution in [0.15, 0.2) is 65.3 Å². The molecule has 2 aromatic carbocycles. The minimum Gasteiger partial charge on any atom is -0.467 e. The maximum atomic E-state index is 12.7. The quantitative estimate of drug-likeness (QED) is 0.568. The Bertz CT molecular complexity index is 1140. The summed E-state index contributed by atoms with van der Waals surface area (Å²) in [7, 11) is 0. The van der Waals surface area contributed by atoms with Gasteiger partial charge in [-0.15, -0.1) is 0 Å². The van der Waals surface area contributed by atoms with Crippen molar-refractivity contribution in [3.8, 4) is 11.5 Å². The maximum Gasteiger partial charge on any atom is 0.231 e. The molecule has 1 saturated heterocycles. The van der Waals surface area contributed by atoms with Gasteiger partial charge >= 0.3 is 0 Å². The molecule has 33 heavy (non-hydrogen) atoms. The number of anilines is 1. The Morgan fingerprint density at radius 1 is 1.03 bits per heavy atom. The SMILES string of the molecule is O=C(NCc1cccc(COCc2ccco2)c1)C1CC(=O)N(c2ccc3c(c2)OCO3)C1. The molecule has 5 rings (SSSR count). The third-order valence-electron chi connectivity index (χ3n) is 5.71. The van der Waals surface area contributed by atoms with Gasteiger partial charge in [-0.1, -0.05) is 24.3 Å². The molecule has 2 amide bonds. The third kappa shape index (κ3) is 4.85.